The fourth-order valence-corrected chi connectivity index (χ4v) is 2.12. The lowest BCUT2D eigenvalue weighted by molar-refractivity contribution is 0.0555. The van der Waals surface area contributed by atoms with Gasteiger partial charge in [0.2, 0.25) is 0 Å². The van der Waals surface area contributed by atoms with Crippen molar-refractivity contribution in [2.45, 2.75) is 6.61 Å². The summed E-state index contributed by atoms with van der Waals surface area (Å²) in [6.45, 7) is 0.0253. The van der Waals surface area contributed by atoms with E-state index in [9.17, 15) is 19.5 Å². The minimum absolute atomic E-state index is 0.0253. The molecule has 0 unspecified atom stereocenters. The third-order valence-electron chi connectivity index (χ3n) is 3.40. The summed E-state index contributed by atoms with van der Waals surface area (Å²) in [5.74, 6) is -2.10. The maximum absolute atomic E-state index is 11.9. The first kappa shape index (κ1) is 18.8. The van der Waals surface area contributed by atoms with Crippen LogP contribution >= 0.6 is 0 Å². The zero-order chi connectivity index (χ0) is 19.1. The molecule has 2 N–H and O–H groups in total. The highest BCUT2D eigenvalue weighted by Gasteiger charge is 2.22. The number of carbonyl (C=O) groups excluding carboxylic acids is 3. The summed E-state index contributed by atoms with van der Waals surface area (Å²) in [6, 6.07) is 11.1. The molecule has 26 heavy (non-hydrogen) atoms. The fourth-order valence-electron chi connectivity index (χ4n) is 2.12. The molecule has 2 aromatic carbocycles. The summed E-state index contributed by atoms with van der Waals surface area (Å²) >= 11 is 0. The van der Waals surface area contributed by atoms with Gasteiger partial charge >= 0.3 is 18.0 Å². The second-order valence-electron chi connectivity index (χ2n) is 5.08. The molecule has 0 aliphatic carbocycles. The molecule has 1 amide bonds. The van der Waals surface area contributed by atoms with Gasteiger partial charge in [-0.15, -0.1) is 0 Å². The number of amides is 1. The van der Waals surface area contributed by atoms with E-state index in [1.165, 1.54) is 0 Å². The molecule has 136 valence electrons. The van der Waals surface area contributed by atoms with E-state index in [1.807, 2.05) is 6.07 Å². The third kappa shape index (κ3) is 4.50. The summed E-state index contributed by atoms with van der Waals surface area (Å²) in [7, 11) is 2.27. The highest BCUT2D eigenvalue weighted by atomic mass is 16.5. The smallest absolute Gasteiger partial charge is 0.412 e. The molecule has 0 aliphatic rings. The van der Waals surface area contributed by atoms with E-state index in [4.69, 9.17) is 4.74 Å². The average Bonchev–Trinajstić information content (AvgIpc) is 2.67. The second kappa shape index (κ2) is 8.52. The number of anilines is 1. The molecule has 0 aromatic heterocycles. The van der Waals surface area contributed by atoms with Crippen molar-refractivity contribution in [3.63, 3.8) is 0 Å². The highest BCUT2D eigenvalue weighted by molar-refractivity contribution is 6.05. The Hall–Kier alpha value is -3.55. The van der Waals surface area contributed by atoms with Crippen LogP contribution in [0.3, 0.4) is 0 Å². The van der Waals surface area contributed by atoms with Gasteiger partial charge in [-0.2, -0.15) is 0 Å². The van der Waals surface area contributed by atoms with Crippen molar-refractivity contribution in [3.8, 4) is 5.75 Å². The van der Waals surface area contributed by atoms with Crippen LogP contribution < -0.4 is 5.32 Å². The lowest BCUT2D eigenvalue weighted by atomic mass is 10.1. The summed E-state index contributed by atoms with van der Waals surface area (Å²) < 4.78 is 14.2. The molecule has 2 aromatic rings. The first-order valence-corrected chi connectivity index (χ1v) is 7.47. The van der Waals surface area contributed by atoms with E-state index in [0.29, 0.717) is 0 Å². The third-order valence-corrected chi connectivity index (χ3v) is 3.40. The van der Waals surface area contributed by atoms with Crippen LogP contribution in [-0.4, -0.2) is 37.4 Å². The number of hydrogen-bond donors (Lipinski definition) is 2. The Labute approximate surface area is 149 Å². The van der Waals surface area contributed by atoms with Crippen molar-refractivity contribution in [2.75, 3.05) is 19.5 Å². The fraction of sp³-hybridized carbons (Fsp3) is 0.167. The predicted molar refractivity (Wildman–Crippen MR) is 91.0 cm³/mol. The van der Waals surface area contributed by atoms with Crippen molar-refractivity contribution in [1.82, 2.24) is 0 Å². The first-order valence-electron chi connectivity index (χ1n) is 7.47. The number of rotatable bonds is 5. The minimum Gasteiger partial charge on any atom is -0.506 e. The van der Waals surface area contributed by atoms with Crippen molar-refractivity contribution in [1.29, 1.82) is 0 Å². The molecule has 8 heteroatoms. The number of esters is 2. The number of methoxy groups -OCH3 is 2. The van der Waals surface area contributed by atoms with Gasteiger partial charge in [-0.05, 0) is 17.7 Å². The maximum atomic E-state index is 11.9. The van der Waals surface area contributed by atoms with Crippen LogP contribution in [0, 0.1) is 0 Å². The van der Waals surface area contributed by atoms with E-state index < -0.39 is 23.8 Å². The Balaban J connectivity index is 2.19. The van der Waals surface area contributed by atoms with E-state index in [1.54, 1.807) is 24.3 Å². The summed E-state index contributed by atoms with van der Waals surface area (Å²) in [5, 5.41) is 12.3. The van der Waals surface area contributed by atoms with Crippen LogP contribution in [0.25, 0.3) is 0 Å². The predicted octanol–water partition coefficient (Wildman–Crippen LogP) is 2.71. The standard InChI is InChI=1S/C18H17NO7/c1-24-16(21)12-8-14(15(20)9-13(12)17(22)25-2)19-18(23)26-10-11-6-4-3-5-7-11/h3-9,20H,10H2,1-2H3,(H,19,23). The molecule has 8 nitrogen and oxygen atoms in total. The quantitative estimate of drug-likeness (QED) is 0.480. The van der Waals surface area contributed by atoms with Crippen LogP contribution in [0.5, 0.6) is 5.75 Å². The number of carbonyl (C=O) groups is 3. The van der Waals surface area contributed by atoms with Crippen LogP contribution in [0.4, 0.5) is 10.5 Å². The zero-order valence-electron chi connectivity index (χ0n) is 14.1. The summed E-state index contributed by atoms with van der Waals surface area (Å²) in [4.78, 5) is 35.5. The van der Waals surface area contributed by atoms with Gasteiger partial charge in [0, 0.05) is 0 Å². The Kier molecular flexibility index (Phi) is 6.15. The van der Waals surface area contributed by atoms with Crippen molar-refractivity contribution in [3.05, 3.63) is 59.2 Å². The normalized spacial score (nSPS) is 9.92. The monoisotopic (exact) mass is 359 g/mol. The Morgan fingerprint density at radius 1 is 0.962 bits per heavy atom. The van der Waals surface area contributed by atoms with E-state index in [0.717, 1.165) is 31.9 Å². The molecule has 0 saturated heterocycles. The van der Waals surface area contributed by atoms with E-state index in [2.05, 4.69) is 14.8 Å². The van der Waals surface area contributed by atoms with Gasteiger partial charge in [0.05, 0.1) is 31.0 Å². The molecule has 0 bridgehead atoms. The van der Waals surface area contributed by atoms with E-state index in [-0.39, 0.29) is 23.4 Å². The second-order valence-corrected chi connectivity index (χ2v) is 5.08. The lowest BCUT2D eigenvalue weighted by Gasteiger charge is -2.12. The Bertz CT molecular complexity index is 818. The number of phenols is 1. The first-order chi connectivity index (χ1) is 12.5. The number of aromatic hydroxyl groups is 1. The summed E-state index contributed by atoms with van der Waals surface area (Å²) in [6.07, 6.45) is -0.842. The molecule has 0 spiro atoms. The number of nitrogens with one attached hydrogen (secondary N) is 1. The molecule has 0 heterocycles. The Morgan fingerprint density at radius 2 is 1.54 bits per heavy atom. The maximum Gasteiger partial charge on any atom is 0.412 e. The molecule has 0 atom stereocenters. The number of benzene rings is 2. The van der Waals surface area contributed by atoms with Crippen LogP contribution in [0.2, 0.25) is 0 Å². The minimum atomic E-state index is -0.842. The summed E-state index contributed by atoms with van der Waals surface area (Å²) in [5.41, 5.74) is 0.301. The van der Waals surface area contributed by atoms with Crippen LogP contribution in [0.1, 0.15) is 26.3 Å². The van der Waals surface area contributed by atoms with Gasteiger partial charge in [-0.25, -0.2) is 14.4 Å². The molecule has 0 fully saturated rings. The number of phenolic OH excluding ortho intramolecular Hbond substituents is 1. The largest absolute Gasteiger partial charge is 0.506 e. The molecule has 0 radical (unpaired) electrons. The molecule has 2 rings (SSSR count). The molecule has 0 saturated carbocycles. The topological polar surface area (TPSA) is 111 Å². The van der Waals surface area contributed by atoms with Gasteiger partial charge in [-0.1, -0.05) is 30.3 Å². The molecular formula is C18H17NO7. The van der Waals surface area contributed by atoms with Gasteiger partial charge in [-0.3, -0.25) is 5.32 Å². The van der Waals surface area contributed by atoms with Crippen LogP contribution in [0.15, 0.2) is 42.5 Å². The Morgan fingerprint density at radius 3 is 2.12 bits per heavy atom. The zero-order valence-corrected chi connectivity index (χ0v) is 14.1. The van der Waals surface area contributed by atoms with Crippen molar-refractivity contribution in [2.24, 2.45) is 0 Å². The van der Waals surface area contributed by atoms with Crippen LogP contribution in [-0.2, 0) is 20.8 Å². The number of ether oxygens (including phenoxy) is 3. The van der Waals surface area contributed by atoms with Gasteiger partial charge in [0.25, 0.3) is 0 Å². The molecular weight excluding hydrogens is 342 g/mol. The number of hydrogen-bond acceptors (Lipinski definition) is 7. The lowest BCUT2D eigenvalue weighted by Crippen LogP contribution is -2.16. The van der Waals surface area contributed by atoms with Crippen molar-refractivity contribution >= 4 is 23.7 Å². The highest BCUT2D eigenvalue weighted by Crippen LogP contribution is 2.29. The SMILES string of the molecule is COC(=O)c1cc(O)c(NC(=O)OCc2ccccc2)cc1C(=O)OC. The van der Waals surface area contributed by atoms with Gasteiger partial charge < -0.3 is 19.3 Å². The van der Waals surface area contributed by atoms with Gasteiger partial charge in [0.15, 0.2) is 0 Å². The van der Waals surface area contributed by atoms with E-state index >= 15 is 0 Å². The molecule has 0 aliphatic heterocycles. The van der Waals surface area contributed by atoms with Gasteiger partial charge in [0.1, 0.15) is 12.4 Å². The average molecular weight is 359 g/mol. The van der Waals surface area contributed by atoms with Crippen molar-refractivity contribution < 1.29 is 33.7 Å².